The van der Waals surface area contributed by atoms with Gasteiger partial charge in [0.25, 0.3) is 0 Å². The molecule has 2 aromatic carbocycles. The number of benzene rings is 2. The second kappa shape index (κ2) is 7.53. The van der Waals surface area contributed by atoms with E-state index >= 15 is 0 Å². The Balaban J connectivity index is 1.35. The van der Waals surface area contributed by atoms with Crippen LogP contribution >= 0.6 is 0 Å². The lowest BCUT2D eigenvalue weighted by atomic mass is 10.2. The van der Waals surface area contributed by atoms with Gasteiger partial charge < -0.3 is 4.74 Å². The molecule has 127 valence electrons. The van der Waals surface area contributed by atoms with Crippen molar-refractivity contribution in [2.45, 2.75) is 25.4 Å². The van der Waals surface area contributed by atoms with Crippen LogP contribution in [0.5, 0.6) is 5.75 Å². The highest BCUT2D eigenvalue weighted by molar-refractivity contribution is 5.58. The van der Waals surface area contributed by atoms with Crippen LogP contribution in [0.2, 0.25) is 0 Å². The lowest BCUT2D eigenvalue weighted by Crippen LogP contribution is -2.22. The lowest BCUT2D eigenvalue weighted by molar-refractivity contribution is 0.275. The number of rotatable bonds is 6. The van der Waals surface area contributed by atoms with Crippen molar-refractivity contribution in [3.05, 3.63) is 72.4 Å². The second-order valence-corrected chi connectivity index (χ2v) is 6.42. The summed E-state index contributed by atoms with van der Waals surface area (Å²) in [5.74, 6) is 0.913. The Kier molecular flexibility index (Phi) is 4.79. The predicted molar refractivity (Wildman–Crippen MR) is 98.7 cm³/mol. The lowest BCUT2D eigenvalue weighted by Gasteiger charge is -2.11. The quantitative estimate of drug-likeness (QED) is 0.690. The van der Waals surface area contributed by atoms with Crippen molar-refractivity contribution >= 4 is 0 Å². The smallest absolute Gasteiger partial charge is 0.119 e. The minimum Gasteiger partial charge on any atom is -0.492 e. The number of ether oxygens (including phenoxy) is 1. The van der Waals surface area contributed by atoms with E-state index in [1.165, 1.54) is 12.0 Å². The van der Waals surface area contributed by atoms with Gasteiger partial charge in [-0.3, -0.25) is 4.68 Å². The molecule has 1 fully saturated rings. The Bertz CT molecular complexity index is 790. The molecule has 4 rings (SSSR count). The molecule has 25 heavy (non-hydrogen) atoms. The van der Waals surface area contributed by atoms with Crippen molar-refractivity contribution in [2.24, 2.45) is 0 Å². The van der Waals surface area contributed by atoms with Gasteiger partial charge in [-0.2, -0.15) is 5.10 Å². The first-order chi connectivity index (χ1) is 12.4. The predicted octanol–water partition coefficient (Wildman–Crippen LogP) is 3.74. The van der Waals surface area contributed by atoms with E-state index in [2.05, 4.69) is 40.7 Å². The van der Waals surface area contributed by atoms with Crippen molar-refractivity contribution in [1.82, 2.24) is 15.1 Å². The number of aromatic nitrogens is 2. The van der Waals surface area contributed by atoms with E-state index in [1.807, 2.05) is 41.2 Å². The summed E-state index contributed by atoms with van der Waals surface area (Å²) in [6, 6.07) is 20.9. The van der Waals surface area contributed by atoms with Gasteiger partial charge in [-0.05, 0) is 36.6 Å². The third-order valence-corrected chi connectivity index (χ3v) is 4.50. The van der Waals surface area contributed by atoms with Crippen LogP contribution in [0.25, 0.3) is 11.3 Å². The largest absolute Gasteiger partial charge is 0.492 e. The first kappa shape index (κ1) is 15.9. The Labute approximate surface area is 148 Å². The molecule has 0 unspecified atom stereocenters. The van der Waals surface area contributed by atoms with Crippen molar-refractivity contribution in [3.63, 3.8) is 0 Å². The summed E-state index contributed by atoms with van der Waals surface area (Å²) in [6.45, 7) is 2.44. The van der Waals surface area contributed by atoms with Crippen LogP contribution in [0.15, 0.2) is 66.9 Å². The Morgan fingerprint density at radius 1 is 1.00 bits per heavy atom. The molecule has 3 aromatic rings. The molecule has 2 heterocycles. The molecular weight excluding hydrogens is 310 g/mol. The standard InChI is InChI=1S/C21H22N3O/c1-2-5-18(6-3-1)21-12-14-24(23-21)15-17-8-10-20(11-9-17)25-16-19-7-4-13-22-19/h1-3,5-6,8-12,14,19H,4,7,13,15-16H2/t19-/m1/s1. The molecular formula is C21H22N3O. The highest BCUT2D eigenvalue weighted by Crippen LogP contribution is 2.18. The molecule has 0 N–H and O–H groups in total. The maximum Gasteiger partial charge on any atom is 0.119 e. The molecule has 1 aromatic heterocycles. The molecule has 1 aliphatic heterocycles. The van der Waals surface area contributed by atoms with E-state index in [9.17, 15) is 0 Å². The van der Waals surface area contributed by atoms with Gasteiger partial charge in [0.05, 0.1) is 18.3 Å². The van der Waals surface area contributed by atoms with E-state index in [0.29, 0.717) is 12.6 Å². The summed E-state index contributed by atoms with van der Waals surface area (Å²) in [5.41, 5.74) is 3.35. The van der Waals surface area contributed by atoms with Crippen molar-refractivity contribution in [1.29, 1.82) is 0 Å². The van der Waals surface area contributed by atoms with Gasteiger partial charge in [0.1, 0.15) is 12.4 Å². The number of nitrogens with zero attached hydrogens (tertiary/aromatic N) is 3. The van der Waals surface area contributed by atoms with E-state index in [1.54, 1.807) is 0 Å². The van der Waals surface area contributed by atoms with Gasteiger partial charge in [0.15, 0.2) is 0 Å². The molecule has 0 spiro atoms. The summed E-state index contributed by atoms with van der Waals surface area (Å²) in [4.78, 5) is 0. The van der Waals surface area contributed by atoms with E-state index in [4.69, 9.17) is 4.74 Å². The minimum absolute atomic E-state index is 0.375. The van der Waals surface area contributed by atoms with Crippen LogP contribution in [-0.2, 0) is 6.54 Å². The van der Waals surface area contributed by atoms with Gasteiger partial charge in [-0.1, -0.05) is 42.5 Å². The average Bonchev–Trinajstić information content (AvgIpc) is 3.34. The van der Waals surface area contributed by atoms with Crippen molar-refractivity contribution in [2.75, 3.05) is 13.2 Å². The molecule has 0 amide bonds. The molecule has 4 heteroatoms. The van der Waals surface area contributed by atoms with Gasteiger partial charge in [0.2, 0.25) is 0 Å². The Morgan fingerprint density at radius 2 is 1.84 bits per heavy atom. The summed E-state index contributed by atoms with van der Waals surface area (Å²) >= 11 is 0. The van der Waals surface area contributed by atoms with Crippen LogP contribution < -0.4 is 10.1 Å². The molecule has 1 radical (unpaired) electrons. The fraction of sp³-hybridized carbons (Fsp3) is 0.286. The third-order valence-electron chi connectivity index (χ3n) is 4.50. The monoisotopic (exact) mass is 332 g/mol. The maximum absolute atomic E-state index is 5.84. The number of hydrogen-bond acceptors (Lipinski definition) is 2. The second-order valence-electron chi connectivity index (χ2n) is 6.42. The van der Waals surface area contributed by atoms with E-state index in [0.717, 1.165) is 36.5 Å². The first-order valence-electron chi connectivity index (χ1n) is 8.84. The molecule has 1 saturated heterocycles. The van der Waals surface area contributed by atoms with Crippen LogP contribution in [0.4, 0.5) is 0 Å². The molecule has 4 nitrogen and oxygen atoms in total. The third kappa shape index (κ3) is 4.09. The Morgan fingerprint density at radius 3 is 2.60 bits per heavy atom. The summed E-state index contributed by atoms with van der Waals surface area (Å²) in [5, 5.41) is 9.17. The van der Waals surface area contributed by atoms with Crippen LogP contribution in [0, 0.1) is 0 Å². The highest BCUT2D eigenvalue weighted by atomic mass is 16.5. The molecule has 0 aliphatic carbocycles. The molecule has 1 aliphatic rings. The average molecular weight is 332 g/mol. The number of hydrogen-bond donors (Lipinski definition) is 0. The van der Waals surface area contributed by atoms with Gasteiger partial charge >= 0.3 is 0 Å². The first-order valence-corrected chi connectivity index (χ1v) is 8.84. The zero-order valence-electron chi connectivity index (χ0n) is 14.2. The molecule has 1 atom stereocenters. The van der Waals surface area contributed by atoms with Crippen molar-refractivity contribution in [3.8, 4) is 17.0 Å². The molecule has 0 bridgehead atoms. The highest BCUT2D eigenvalue weighted by Gasteiger charge is 2.15. The van der Waals surface area contributed by atoms with Gasteiger partial charge in [0, 0.05) is 18.3 Å². The van der Waals surface area contributed by atoms with E-state index in [-0.39, 0.29) is 0 Å². The fourth-order valence-electron chi connectivity index (χ4n) is 3.11. The Hall–Kier alpha value is -2.59. The van der Waals surface area contributed by atoms with Crippen molar-refractivity contribution < 1.29 is 4.74 Å². The van der Waals surface area contributed by atoms with Gasteiger partial charge in [-0.25, -0.2) is 5.32 Å². The molecule has 0 saturated carbocycles. The zero-order chi connectivity index (χ0) is 16.9. The van der Waals surface area contributed by atoms with Gasteiger partial charge in [-0.15, -0.1) is 0 Å². The zero-order valence-corrected chi connectivity index (χ0v) is 14.2. The van der Waals surface area contributed by atoms with Crippen LogP contribution in [0.1, 0.15) is 18.4 Å². The normalized spacial score (nSPS) is 16.9. The SMILES string of the molecule is c1ccc(-c2ccn(Cc3ccc(OC[C@H]4CCC[N]4)cc3)n2)cc1. The fourth-order valence-corrected chi connectivity index (χ4v) is 3.11. The summed E-state index contributed by atoms with van der Waals surface area (Å²) in [7, 11) is 0. The van der Waals surface area contributed by atoms with Crippen LogP contribution in [0.3, 0.4) is 0 Å². The maximum atomic E-state index is 5.84. The topological polar surface area (TPSA) is 41.2 Å². The minimum atomic E-state index is 0.375. The summed E-state index contributed by atoms with van der Waals surface area (Å²) < 4.78 is 7.81. The van der Waals surface area contributed by atoms with Crippen LogP contribution in [-0.4, -0.2) is 29.0 Å². The van der Waals surface area contributed by atoms with E-state index < -0.39 is 0 Å². The summed E-state index contributed by atoms with van der Waals surface area (Å²) in [6.07, 6.45) is 4.37.